The second-order valence-corrected chi connectivity index (χ2v) is 3.02. The summed E-state index contributed by atoms with van der Waals surface area (Å²) in [5.74, 6) is 0. The first-order chi connectivity index (χ1) is 6.18. The molecule has 0 fully saturated rings. The van der Waals surface area contributed by atoms with Gasteiger partial charge in [0.25, 0.3) is 0 Å². The van der Waals surface area contributed by atoms with Crippen LogP contribution in [0.25, 0.3) is 11.0 Å². The number of hydrogen-bond donors (Lipinski definition) is 0. The molecule has 0 bridgehead atoms. The molecule has 0 aromatic carbocycles. The quantitative estimate of drug-likeness (QED) is 0.590. The predicted octanol–water partition coefficient (Wildman–Crippen LogP) is 0.637. The fourth-order valence-corrected chi connectivity index (χ4v) is 1.24. The van der Waals surface area contributed by atoms with E-state index in [1.54, 1.807) is 13.2 Å². The summed E-state index contributed by atoms with van der Waals surface area (Å²) in [6, 6.07) is 1.92. The standard InChI is InChI=1S/C9H9N3O/c1-6-3-8-7(10-4-6)5-11-9(13)12(8)2/h3-5H,1-2H3. The monoisotopic (exact) mass is 175 g/mol. The summed E-state index contributed by atoms with van der Waals surface area (Å²) >= 11 is 0. The second kappa shape index (κ2) is 2.65. The first kappa shape index (κ1) is 7.91. The normalized spacial score (nSPS) is 10.6. The zero-order valence-electron chi connectivity index (χ0n) is 7.48. The molecule has 4 heteroatoms. The van der Waals surface area contributed by atoms with E-state index in [2.05, 4.69) is 9.97 Å². The number of pyridine rings is 1. The van der Waals surface area contributed by atoms with Crippen molar-refractivity contribution < 1.29 is 0 Å². The molecular formula is C9H9N3O. The molecule has 4 nitrogen and oxygen atoms in total. The van der Waals surface area contributed by atoms with Gasteiger partial charge in [0.15, 0.2) is 0 Å². The van der Waals surface area contributed by atoms with Gasteiger partial charge >= 0.3 is 5.69 Å². The summed E-state index contributed by atoms with van der Waals surface area (Å²) in [5.41, 5.74) is 2.35. The number of fused-ring (bicyclic) bond motifs is 1. The largest absolute Gasteiger partial charge is 0.347 e. The van der Waals surface area contributed by atoms with Gasteiger partial charge in [-0.25, -0.2) is 4.79 Å². The van der Waals surface area contributed by atoms with Crippen LogP contribution in [-0.4, -0.2) is 14.5 Å². The Morgan fingerprint density at radius 2 is 2.08 bits per heavy atom. The van der Waals surface area contributed by atoms with Gasteiger partial charge in [0, 0.05) is 13.2 Å². The van der Waals surface area contributed by atoms with Gasteiger partial charge in [-0.2, -0.15) is 4.98 Å². The summed E-state index contributed by atoms with van der Waals surface area (Å²) in [6.45, 7) is 1.94. The average molecular weight is 175 g/mol. The van der Waals surface area contributed by atoms with Crippen molar-refractivity contribution in [3.63, 3.8) is 0 Å². The van der Waals surface area contributed by atoms with Crippen molar-refractivity contribution in [1.29, 1.82) is 0 Å². The minimum Gasteiger partial charge on any atom is -0.293 e. The highest BCUT2D eigenvalue weighted by atomic mass is 16.1. The van der Waals surface area contributed by atoms with E-state index >= 15 is 0 Å². The molecule has 0 aliphatic heterocycles. The molecule has 0 unspecified atom stereocenters. The minimum absolute atomic E-state index is 0.250. The summed E-state index contributed by atoms with van der Waals surface area (Å²) < 4.78 is 1.50. The molecular weight excluding hydrogens is 166 g/mol. The Kier molecular flexibility index (Phi) is 1.62. The Morgan fingerprint density at radius 3 is 2.85 bits per heavy atom. The lowest BCUT2D eigenvalue weighted by molar-refractivity contribution is 0.848. The van der Waals surface area contributed by atoms with Gasteiger partial charge in [-0.3, -0.25) is 9.55 Å². The first-order valence-electron chi connectivity index (χ1n) is 3.97. The molecule has 0 N–H and O–H groups in total. The summed E-state index contributed by atoms with van der Waals surface area (Å²) in [7, 11) is 1.69. The highest BCUT2D eigenvalue weighted by molar-refractivity contribution is 5.73. The molecule has 2 aromatic heterocycles. The molecule has 0 aliphatic rings. The van der Waals surface area contributed by atoms with Crippen LogP contribution in [0.4, 0.5) is 0 Å². The van der Waals surface area contributed by atoms with Crippen LogP contribution >= 0.6 is 0 Å². The maximum atomic E-state index is 11.2. The van der Waals surface area contributed by atoms with E-state index < -0.39 is 0 Å². The molecule has 0 amide bonds. The van der Waals surface area contributed by atoms with E-state index in [9.17, 15) is 4.79 Å². The molecule has 0 saturated carbocycles. The zero-order valence-corrected chi connectivity index (χ0v) is 7.48. The SMILES string of the molecule is Cc1cnc2cnc(=O)n(C)c2c1. The van der Waals surface area contributed by atoms with Crippen molar-refractivity contribution >= 4 is 11.0 Å². The molecule has 2 aromatic rings. The van der Waals surface area contributed by atoms with Gasteiger partial charge < -0.3 is 0 Å². The fourth-order valence-electron chi connectivity index (χ4n) is 1.24. The lowest BCUT2D eigenvalue weighted by Crippen LogP contribution is -2.19. The van der Waals surface area contributed by atoms with Crippen molar-refractivity contribution in [3.05, 3.63) is 34.5 Å². The van der Waals surface area contributed by atoms with Crippen molar-refractivity contribution in [2.24, 2.45) is 7.05 Å². The number of aromatic nitrogens is 3. The van der Waals surface area contributed by atoms with Crippen LogP contribution in [-0.2, 0) is 7.05 Å². The van der Waals surface area contributed by atoms with Crippen molar-refractivity contribution in [2.75, 3.05) is 0 Å². The van der Waals surface area contributed by atoms with Gasteiger partial charge in [0.05, 0.1) is 11.7 Å². The number of hydrogen-bond acceptors (Lipinski definition) is 3. The van der Waals surface area contributed by atoms with Crippen LogP contribution in [0.1, 0.15) is 5.56 Å². The Morgan fingerprint density at radius 1 is 1.31 bits per heavy atom. The minimum atomic E-state index is -0.250. The molecule has 0 atom stereocenters. The Bertz CT molecular complexity index is 516. The summed E-state index contributed by atoms with van der Waals surface area (Å²) in [4.78, 5) is 19.0. The average Bonchev–Trinajstić information content (AvgIpc) is 2.12. The van der Waals surface area contributed by atoms with E-state index in [1.165, 1.54) is 10.8 Å². The lowest BCUT2D eigenvalue weighted by Gasteiger charge is -2.02. The van der Waals surface area contributed by atoms with Crippen molar-refractivity contribution in [1.82, 2.24) is 14.5 Å². The third kappa shape index (κ3) is 1.20. The van der Waals surface area contributed by atoms with Gasteiger partial charge in [-0.15, -0.1) is 0 Å². The van der Waals surface area contributed by atoms with Crippen molar-refractivity contribution in [2.45, 2.75) is 6.92 Å². The van der Waals surface area contributed by atoms with E-state index in [1.807, 2.05) is 13.0 Å². The highest BCUT2D eigenvalue weighted by Crippen LogP contribution is 2.07. The first-order valence-corrected chi connectivity index (χ1v) is 3.97. The van der Waals surface area contributed by atoms with Gasteiger partial charge in [-0.05, 0) is 18.6 Å². The van der Waals surface area contributed by atoms with E-state index in [0.717, 1.165) is 16.6 Å². The van der Waals surface area contributed by atoms with Gasteiger partial charge in [0.1, 0.15) is 5.52 Å². The lowest BCUT2D eigenvalue weighted by atomic mass is 10.3. The van der Waals surface area contributed by atoms with Crippen LogP contribution in [0, 0.1) is 6.92 Å². The molecule has 0 aliphatic carbocycles. The Labute approximate surface area is 74.9 Å². The number of rotatable bonds is 0. The van der Waals surface area contributed by atoms with Crippen LogP contribution in [0.15, 0.2) is 23.3 Å². The van der Waals surface area contributed by atoms with E-state index in [-0.39, 0.29) is 5.69 Å². The number of aryl methyl sites for hydroxylation is 2. The maximum absolute atomic E-state index is 11.2. The maximum Gasteiger partial charge on any atom is 0.347 e. The molecule has 0 radical (unpaired) electrons. The van der Waals surface area contributed by atoms with Gasteiger partial charge in [0.2, 0.25) is 0 Å². The van der Waals surface area contributed by atoms with E-state index in [4.69, 9.17) is 0 Å². The van der Waals surface area contributed by atoms with E-state index in [0.29, 0.717) is 0 Å². The Balaban J connectivity index is 2.97. The molecule has 0 spiro atoms. The third-order valence-electron chi connectivity index (χ3n) is 1.98. The molecule has 2 rings (SSSR count). The molecule has 13 heavy (non-hydrogen) atoms. The highest BCUT2D eigenvalue weighted by Gasteiger charge is 2.00. The smallest absolute Gasteiger partial charge is 0.293 e. The van der Waals surface area contributed by atoms with Crippen molar-refractivity contribution in [3.8, 4) is 0 Å². The van der Waals surface area contributed by atoms with Gasteiger partial charge in [-0.1, -0.05) is 0 Å². The van der Waals surface area contributed by atoms with Crippen LogP contribution < -0.4 is 5.69 Å². The predicted molar refractivity (Wildman–Crippen MR) is 49.5 cm³/mol. The summed E-state index contributed by atoms with van der Waals surface area (Å²) in [5, 5.41) is 0. The van der Waals surface area contributed by atoms with Crippen LogP contribution in [0.2, 0.25) is 0 Å². The topological polar surface area (TPSA) is 47.8 Å². The summed E-state index contributed by atoms with van der Waals surface area (Å²) in [6.07, 6.45) is 3.26. The van der Waals surface area contributed by atoms with Crippen LogP contribution in [0.5, 0.6) is 0 Å². The Hall–Kier alpha value is -1.71. The third-order valence-corrected chi connectivity index (χ3v) is 1.98. The molecule has 2 heterocycles. The number of nitrogens with zero attached hydrogens (tertiary/aromatic N) is 3. The molecule has 66 valence electrons. The molecule has 0 saturated heterocycles. The second-order valence-electron chi connectivity index (χ2n) is 3.02. The van der Waals surface area contributed by atoms with Crippen LogP contribution in [0.3, 0.4) is 0 Å². The fraction of sp³-hybridized carbons (Fsp3) is 0.222. The zero-order chi connectivity index (χ0) is 9.42.